The molecule has 0 aliphatic rings. The Bertz CT molecular complexity index is 337. The molecular formula is C12H17BrN2O. The number of carbonyl (C=O) groups excluding carboxylic acids is 1. The number of hydrogen-bond acceptors (Lipinski definition) is 3. The van der Waals surface area contributed by atoms with Crippen molar-refractivity contribution in [3.8, 4) is 0 Å². The highest BCUT2D eigenvalue weighted by molar-refractivity contribution is 9.10. The van der Waals surface area contributed by atoms with Crippen LogP contribution in [0.2, 0.25) is 0 Å². The lowest BCUT2D eigenvalue weighted by Crippen LogP contribution is -2.31. The third-order valence-corrected chi connectivity index (χ3v) is 2.90. The van der Waals surface area contributed by atoms with Crippen LogP contribution in [0.3, 0.4) is 0 Å². The Morgan fingerprint density at radius 1 is 1.56 bits per heavy atom. The van der Waals surface area contributed by atoms with Gasteiger partial charge in [0, 0.05) is 16.4 Å². The van der Waals surface area contributed by atoms with E-state index >= 15 is 0 Å². The van der Waals surface area contributed by atoms with Crippen molar-refractivity contribution in [2.45, 2.75) is 38.6 Å². The smallest absolute Gasteiger partial charge is 0.155 e. The number of hydrogen-bond donors (Lipinski definition) is 1. The number of rotatable bonds is 6. The van der Waals surface area contributed by atoms with Gasteiger partial charge in [-0.15, -0.1) is 0 Å². The molecule has 0 aliphatic carbocycles. The summed E-state index contributed by atoms with van der Waals surface area (Å²) in [5, 5.41) is 0. The first-order valence-corrected chi connectivity index (χ1v) is 6.31. The quantitative estimate of drug-likeness (QED) is 0.873. The SMILES string of the molecule is CCCCC(N)C(=O)Cc1ccc(Br)cn1. The molecule has 1 heterocycles. The number of Topliss-reactive ketones (excluding diaryl/α,β-unsaturated/α-hetero) is 1. The lowest BCUT2D eigenvalue weighted by molar-refractivity contribution is -0.119. The molecule has 88 valence electrons. The average Bonchev–Trinajstić information content (AvgIpc) is 2.29. The highest BCUT2D eigenvalue weighted by Gasteiger charge is 2.13. The van der Waals surface area contributed by atoms with Crippen LogP contribution in [0.25, 0.3) is 0 Å². The van der Waals surface area contributed by atoms with Gasteiger partial charge in [-0.05, 0) is 34.5 Å². The van der Waals surface area contributed by atoms with Gasteiger partial charge in [-0.1, -0.05) is 19.8 Å². The Kier molecular flexibility index (Phi) is 5.63. The summed E-state index contributed by atoms with van der Waals surface area (Å²) in [6, 6.07) is 3.38. The van der Waals surface area contributed by atoms with E-state index < -0.39 is 0 Å². The van der Waals surface area contributed by atoms with E-state index in [9.17, 15) is 4.79 Å². The van der Waals surface area contributed by atoms with Crippen LogP contribution in [0.4, 0.5) is 0 Å². The molecule has 0 aromatic carbocycles. The maximum atomic E-state index is 11.7. The number of carbonyl (C=O) groups is 1. The minimum atomic E-state index is -0.342. The molecule has 1 unspecified atom stereocenters. The summed E-state index contributed by atoms with van der Waals surface area (Å²) in [5.41, 5.74) is 6.57. The first-order chi connectivity index (χ1) is 7.63. The van der Waals surface area contributed by atoms with Gasteiger partial charge in [0.05, 0.1) is 12.5 Å². The molecule has 1 aromatic heterocycles. The van der Waals surface area contributed by atoms with Crippen LogP contribution in [0, 0.1) is 0 Å². The molecule has 0 saturated carbocycles. The number of aromatic nitrogens is 1. The summed E-state index contributed by atoms with van der Waals surface area (Å²) in [7, 11) is 0. The zero-order chi connectivity index (χ0) is 12.0. The number of ketones is 1. The largest absolute Gasteiger partial charge is 0.321 e. The van der Waals surface area contributed by atoms with Crippen molar-refractivity contribution >= 4 is 21.7 Å². The molecule has 2 N–H and O–H groups in total. The third kappa shape index (κ3) is 4.41. The van der Waals surface area contributed by atoms with E-state index in [1.165, 1.54) is 0 Å². The van der Waals surface area contributed by atoms with Crippen LogP contribution in [-0.4, -0.2) is 16.8 Å². The van der Waals surface area contributed by atoms with Crippen LogP contribution in [0.5, 0.6) is 0 Å². The summed E-state index contributed by atoms with van der Waals surface area (Å²) < 4.78 is 0.916. The highest BCUT2D eigenvalue weighted by atomic mass is 79.9. The summed E-state index contributed by atoms with van der Waals surface area (Å²) in [5.74, 6) is 0.0725. The summed E-state index contributed by atoms with van der Waals surface area (Å²) in [6.07, 6.45) is 4.86. The minimum Gasteiger partial charge on any atom is -0.321 e. The van der Waals surface area contributed by atoms with E-state index in [1.54, 1.807) is 6.20 Å². The van der Waals surface area contributed by atoms with E-state index in [4.69, 9.17) is 5.73 Å². The molecule has 0 radical (unpaired) electrons. The van der Waals surface area contributed by atoms with Gasteiger partial charge in [-0.25, -0.2) is 0 Å². The average molecular weight is 285 g/mol. The lowest BCUT2D eigenvalue weighted by atomic mass is 10.0. The van der Waals surface area contributed by atoms with Gasteiger partial charge in [0.2, 0.25) is 0 Å². The fraction of sp³-hybridized carbons (Fsp3) is 0.500. The Morgan fingerprint density at radius 3 is 2.88 bits per heavy atom. The molecule has 0 bridgehead atoms. The van der Waals surface area contributed by atoms with E-state index in [2.05, 4.69) is 27.8 Å². The second-order valence-corrected chi connectivity index (χ2v) is 4.78. The summed E-state index contributed by atoms with van der Waals surface area (Å²) >= 11 is 3.30. The van der Waals surface area contributed by atoms with Crippen LogP contribution in [-0.2, 0) is 11.2 Å². The van der Waals surface area contributed by atoms with Gasteiger partial charge in [0.1, 0.15) is 0 Å². The van der Waals surface area contributed by atoms with Crippen molar-refractivity contribution < 1.29 is 4.79 Å². The fourth-order valence-electron chi connectivity index (χ4n) is 1.41. The van der Waals surface area contributed by atoms with Crippen LogP contribution in [0.1, 0.15) is 31.9 Å². The molecule has 1 atom stereocenters. The van der Waals surface area contributed by atoms with E-state index in [0.717, 1.165) is 29.4 Å². The topological polar surface area (TPSA) is 56.0 Å². The van der Waals surface area contributed by atoms with Crippen LogP contribution >= 0.6 is 15.9 Å². The first kappa shape index (κ1) is 13.3. The number of nitrogens with two attached hydrogens (primary N) is 1. The lowest BCUT2D eigenvalue weighted by Gasteiger charge is -2.09. The van der Waals surface area contributed by atoms with Gasteiger partial charge in [0.25, 0.3) is 0 Å². The van der Waals surface area contributed by atoms with E-state index in [-0.39, 0.29) is 11.8 Å². The normalized spacial score (nSPS) is 12.4. The summed E-state index contributed by atoms with van der Waals surface area (Å²) in [6.45, 7) is 2.09. The molecule has 0 aliphatic heterocycles. The monoisotopic (exact) mass is 284 g/mol. The zero-order valence-corrected chi connectivity index (χ0v) is 11.0. The maximum absolute atomic E-state index is 11.7. The Hall–Kier alpha value is -0.740. The Morgan fingerprint density at radius 2 is 2.31 bits per heavy atom. The predicted molar refractivity (Wildman–Crippen MR) is 68.1 cm³/mol. The van der Waals surface area contributed by atoms with E-state index in [1.807, 2.05) is 12.1 Å². The molecule has 0 amide bonds. The number of unbranched alkanes of at least 4 members (excludes halogenated alkanes) is 1. The zero-order valence-electron chi connectivity index (χ0n) is 9.45. The van der Waals surface area contributed by atoms with Crippen molar-refractivity contribution in [3.63, 3.8) is 0 Å². The second kappa shape index (κ2) is 6.76. The number of halogens is 1. The molecule has 3 nitrogen and oxygen atoms in total. The van der Waals surface area contributed by atoms with E-state index in [0.29, 0.717) is 6.42 Å². The van der Waals surface area contributed by atoms with Crippen LogP contribution < -0.4 is 5.73 Å². The molecular weight excluding hydrogens is 268 g/mol. The highest BCUT2D eigenvalue weighted by Crippen LogP contribution is 2.09. The van der Waals surface area contributed by atoms with Crippen molar-refractivity contribution in [3.05, 3.63) is 28.5 Å². The predicted octanol–water partition coefficient (Wildman–Crippen LogP) is 2.47. The molecule has 0 spiro atoms. The van der Waals surface area contributed by atoms with Gasteiger partial charge >= 0.3 is 0 Å². The molecule has 1 aromatic rings. The maximum Gasteiger partial charge on any atom is 0.155 e. The molecule has 0 saturated heterocycles. The van der Waals surface area contributed by atoms with Crippen LogP contribution in [0.15, 0.2) is 22.8 Å². The second-order valence-electron chi connectivity index (χ2n) is 3.86. The number of nitrogens with zero attached hydrogens (tertiary/aromatic N) is 1. The summed E-state index contributed by atoms with van der Waals surface area (Å²) in [4.78, 5) is 15.9. The fourth-order valence-corrected chi connectivity index (χ4v) is 1.64. The molecule has 16 heavy (non-hydrogen) atoms. The van der Waals surface area contributed by atoms with Crippen molar-refractivity contribution in [2.75, 3.05) is 0 Å². The standard InChI is InChI=1S/C12H17BrN2O/c1-2-3-4-11(14)12(16)7-10-6-5-9(13)8-15-10/h5-6,8,11H,2-4,7,14H2,1H3. The number of pyridine rings is 1. The van der Waals surface area contributed by atoms with Crippen molar-refractivity contribution in [1.29, 1.82) is 0 Å². The molecule has 0 fully saturated rings. The van der Waals surface area contributed by atoms with Crippen molar-refractivity contribution in [2.24, 2.45) is 5.73 Å². The van der Waals surface area contributed by atoms with Gasteiger partial charge in [0.15, 0.2) is 5.78 Å². The third-order valence-electron chi connectivity index (χ3n) is 2.43. The van der Waals surface area contributed by atoms with Crippen molar-refractivity contribution in [1.82, 2.24) is 4.98 Å². The van der Waals surface area contributed by atoms with Gasteiger partial charge in [-0.2, -0.15) is 0 Å². The molecule has 1 rings (SSSR count). The Balaban J connectivity index is 2.47. The van der Waals surface area contributed by atoms with Gasteiger partial charge < -0.3 is 5.73 Å². The molecule has 4 heteroatoms. The first-order valence-electron chi connectivity index (χ1n) is 5.52. The minimum absolute atomic E-state index is 0.0725. The Labute approximate surface area is 105 Å². The van der Waals surface area contributed by atoms with Gasteiger partial charge in [-0.3, -0.25) is 9.78 Å².